The molecule has 8 heteroatoms. The highest BCUT2D eigenvalue weighted by Gasteiger charge is 2.44. The number of aromatic nitrogens is 1. The number of carbonyl (C=O) groups is 1. The van der Waals surface area contributed by atoms with Crippen molar-refractivity contribution in [2.45, 2.75) is 44.4 Å². The van der Waals surface area contributed by atoms with E-state index >= 15 is 0 Å². The van der Waals surface area contributed by atoms with Gasteiger partial charge in [0.1, 0.15) is 11.6 Å². The molecule has 3 aliphatic heterocycles. The molecule has 1 aliphatic carbocycles. The van der Waals surface area contributed by atoms with Crippen LogP contribution in [0.25, 0.3) is 0 Å². The minimum atomic E-state index is -0.0926. The van der Waals surface area contributed by atoms with E-state index in [1.165, 1.54) is 30.6 Å². The molecule has 0 unspecified atom stereocenters. The van der Waals surface area contributed by atoms with E-state index in [4.69, 9.17) is 9.72 Å². The van der Waals surface area contributed by atoms with Crippen molar-refractivity contribution in [1.82, 2.24) is 9.29 Å². The highest BCUT2D eigenvalue weighted by molar-refractivity contribution is 7.97. The summed E-state index contributed by atoms with van der Waals surface area (Å²) in [6.45, 7) is 11.9. The molecule has 1 aromatic heterocycles. The summed E-state index contributed by atoms with van der Waals surface area (Å²) >= 11 is 1.81. The molecule has 0 bridgehead atoms. The lowest BCUT2D eigenvalue weighted by molar-refractivity contribution is 0.102. The number of ether oxygens (including phenoxy) is 1. The molecule has 1 amide bonds. The zero-order valence-electron chi connectivity index (χ0n) is 21.5. The van der Waals surface area contributed by atoms with E-state index in [-0.39, 0.29) is 5.91 Å². The molecule has 1 N–H and O–H groups in total. The number of rotatable bonds is 6. The average Bonchev–Trinajstić information content (AvgIpc) is 3.62. The van der Waals surface area contributed by atoms with Crippen LogP contribution in [0.1, 0.15) is 49.9 Å². The molecule has 1 aromatic carbocycles. The molecule has 0 radical (unpaired) electrons. The summed E-state index contributed by atoms with van der Waals surface area (Å²) in [5.74, 6) is 1.38. The summed E-state index contributed by atoms with van der Waals surface area (Å²) in [5, 5.41) is 3.09. The fraction of sp³-hybridized carbons (Fsp3) is 0.571. The molecule has 0 atom stereocenters. The van der Waals surface area contributed by atoms with E-state index in [1.54, 1.807) is 0 Å². The lowest BCUT2D eigenvalue weighted by atomic mass is 9.87. The van der Waals surface area contributed by atoms with Gasteiger partial charge >= 0.3 is 0 Å². The van der Waals surface area contributed by atoms with Crippen LogP contribution in [0.5, 0.6) is 0 Å². The van der Waals surface area contributed by atoms with Gasteiger partial charge in [-0.3, -0.25) is 4.79 Å². The second-order valence-electron chi connectivity index (χ2n) is 11.7. The first-order chi connectivity index (χ1) is 17.4. The number of carbonyl (C=O) groups excluding carboxylic acids is 1. The monoisotopic (exact) mass is 507 g/mol. The number of nitrogens with zero attached hydrogens (tertiary/aromatic N) is 4. The molecule has 192 valence electrons. The number of benzene rings is 1. The van der Waals surface area contributed by atoms with Crippen molar-refractivity contribution in [1.29, 1.82) is 0 Å². The van der Waals surface area contributed by atoms with Crippen LogP contribution in [0.15, 0.2) is 41.3 Å². The molecule has 1 saturated carbocycles. The maximum atomic E-state index is 13.6. The van der Waals surface area contributed by atoms with Gasteiger partial charge in [-0.1, -0.05) is 19.9 Å². The molecule has 6 rings (SSSR count). The Labute approximate surface area is 218 Å². The summed E-state index contributed by atoms with van der Waals surface area (Å²) in [7, 11) is 0. The van der Waals surface area contributed by atoms with Gasteiger partial charge in [0.15, 0.2) is 0 Å². The Balaban J connectivity index is 1.21. The number of hydrogen-bond acceptors (Lipinski definition) is 7. The number of piperidine rings is 1. The molecule has 2 aromatic rings. The van der Waals surface area contributed by atoms with Crippen LogP contribution in [-0.2, 0) is 4.74 Å². The Hall–Kier alpha value is -2.29. The van der Waals surface area contributed by atoms with Crippen molar-refractivity contribution >= 4 is 35.2 Å². The van der Waals surface area contributed by atoms with E-state index in [0.29, 0.717) is 29.9 Å². The van der Waals surface area contributed by atoms with Crippen LogP contribution in [0.2, 0.25) is 0 Å². The first kappa shape index (κ1) is 24.1. The number of morpholine rings is 1. The number of pyridine rings is 1. The van der Waals surface area contributed by atoms with E-state index in [0.717, 1.165) is 56.3 Å². The third-order valence-corrected chi connectivity index (χ3v) is 9.07. The van der Waals surface area contributed by atoms with Gasteiger partial charge in [0, 0.05) is 44.2 Å². The molecule has 36 heavy (non-hydrogen) atoms. The molecule has 4 heterocycles. The van der Waals surface area contributed by atoms with E-state index in [9.17, 15) is 4.79 Å². The highest BCUT2D eigenvalue weighted by Crippen LogP contribution is 2.54. The van der Waals surface area contributed by atoms with Gasteiger partial charge in [-0.15, -0.1) is 0 Å². The number of amides is 1. The second kappa shape index (κ2) is 9.54. The Bertz CT molecular complexity index is 1110. The van der Waals surface area contributed by atoms with Crippen molar-refractivity contribution in [2.75, 3.05) is 67.6 Å². The van der Waals surface area contributed by atoms with Crippen molar-refractivity contribution in [3.8, 4) is 0 Å². The fourth-order valence-electron chi connectivity index (χ4n) is 5.69. The zero-order valence-corrected chi connectivity index (χ0v) is 22.3. The van der Waals surface area contributed by atoms with Crippen LogP contribution in [-0.4, -0.2) is 67.7 Å². The number of hydrogen-bond donors (Lipinski definition) is 1. The molecule has 4 aliphatic rings. The minimum Gasteiger partial charge on any atom is -0.378 e. The SMILES string of the molecule is CC1(C)CN(Sc2ccc(C(=O)Nc3cccc(N4CCOCC4)n3)c(N3CCC4(CC3)CC4)c2)C1. The highest BCUT2D eigenvalue weighted by atomic mass is 32.2. The van der Waals surface area contributed by atoms with Gasteiger partial charge < -0.3 is 19.9 Å². The lowest BCUT2D eigenvalue weighted by Crippen LogP contribution is -2.48. The zero-order chi connectivity index (χ0) is 24.8. The number of nitrogens with one attached hydrogen (secondary N) is 1. The van der Waals surface area contributed by atoms with Gasteiger partial charge in [-0.2, -0.15) is 0 Å². The normalized spacial score (nSPS) is 22.8. The Kier molecular flexibility index (Phi) is 6.38. The van der Waals surface area contributed by atoms with Crippen molar-refractivity contribution < 1.29 is 9.53 Å². The summed E-state index contributed by atoms with van der Waals surface area (Å²) in [5.41, 5.74) is 2.77. The van der Waals surface area contributed by atoms with Crippen LogP contribution in [0.3, 0.4) is 0 Å². The molecular weight excluding hydrogens is 470 g/mol. The number of anilines is 3. The predicted octanol–water partition coefficient (Wildman–Crippen LogP) is 4.90. The molecule has 4 fully saturated rings. The molecule has 1 spiro atoms. The smallest absolute Gasteiger partial charge is 0.258 e. The summed E-state index contributed by atoms with van der Waals surface area (Å²) in [6.07, 6.45) is 5.21. The fourth-order valence-corrected chi connectivity index (χ4v) is 7.11. The largest absolute Gasteiger partial charge is 0.378 e. The van der Waals surface area contributed by atoms with E-state index in [2.05, 4.69) is 45.4 Å². The quantitative estimate of drug-likeness (QED) is 0.558. The first-order valence-corrected chi connectivity index (χ1v) is 14.1. The second-order valence-corrected chi connectivity index (χ2v) is 12.8. The standard InChI is InChI=1S/C28H37N5O2S/c1-27(2)19-33(20-27)36-21-6-7-22(23(18-21)31-12-10-28(8-9-28)11-13-31)26(34)30-24-4-3-5-25(29-24)32-14-16-35-17-15-32/h3-7,18H,8-17,19-20H2,1-2H3,(H,29,30,34). The maximum absolute atomic E-state index is 13.6. The van der Waals surface area contributed by atoms with Gasteiger partial charge in [-0.05, 0) is 78.8 Å². The topological polar surface area (TPSA) is 60.9 Å². The first-order valence-electron chi connectivity index (χ1n) is 13.3. The van der Waals surface area contributed by atoms with Crippen LogP contribution in [0, 0.1) is 10.8 Å². The van der Waals surface area contributed by atoms with E-state index < -0.39 is 0 Å². The van der Waals surface area contributed by atoms with Gasteiger partial charge in [0.25, 0.3) is 5.91 Å². The van der Waals surface area contributed by atoms with Crippen molar-refractivity contribution in [2.24, 2.45) is 10.8 Å². The Morgan fingerprint density at radius 1 is 0.972 bits per heavy atom. The Morgan fingerprint density at radius 2 is 1.72 bits per heavy atom. The minimum absolute atomic E-state index is 0.0926. The van der Waals surface area contributed by atoms with Crippen molar-refractivity contribution in [3.63, 3.8) is 0 Å². The summed E-state index contributed by atoms with van der Waals surface area (Å²) in [6, 6.07) is 12.2. The average molecular weight is 508 g/mol. The van der Waals surface area contributed by atoms with Gasteiger partial charge in [-0.25, -0.2) is 9.29 Å². The van der Waals surface area contributed by atoms with E-state index in [1.807, 2.05) is 36.2 Å². The third kappa shape index (κ3) is 5.22. The third-order valence-electron chi connectivity index (χ3n) is 8.09. The summed E-state index contributed by atoms with van der Waals surface area (Å²) in [4.78, 5) is 24.1. The van der Waals surface area contributed by atoms with Crippen LogP contribution < -0.4 is 15.1 Å². The summed E-state index contributed by atoms with van der Waals surface area (Å²) < 4.78 is 7.88. The maximum Gasteiger partial charge on any atom is 0.258 e. The van der Waals surface area contributed by atoms with Crippen LogP contribution >= 0.6 is 11.9 Å². The predicted molar refractivity (Wildman–Crippen MR) is 146 cm³/mol. The van der Waals surface area contributed by atoms with Gasteiger partial charge in [0.2, 0.25) is 0 Å². The molecule has 3 saturated heterocycles. The van der Waals surface area contributed by atoms with Gasteiger partial charge in [0.05, 0.1) is 24.5 Å². The molecular formula is C28H37N5O2S. The van der Waals surface area contributed by atoms with Crippen LogP contribution in [0.4, 0.5) is 17.3 Å². The lowest BCUT2D eigenvalue weighted by Gasteiger charge is -2.44. The Morgan fingerprint density at radius 3 is 2.42 bits per heavy atom. The van der Waals surface area contributed by atoms with Crippen molar-refractivity contribution in [3.05, 3.63) is 42.0 Å². The molecule has 7 nitrogen and oxygen atoms in total.